The molecule has 1 heterocycles. The molecule has 1 aromatic heterocycles. The van der Waals surface area contributed by atoms with Crippen molar-refractivity contribution in [2.24, 2.45) is 5.10 Å². The summed E-state index contributed by atoms with van der Waals surface area (Å²) in [4.78, 5) is 4.57. The van der Waals surface area contributed by atoms with Crippen LogP contribution in [0.25, 0.3) is 11.3 Å². The molecule has 152 valence electrons. The number of rotatable bonds is 11. The number of nitrogens with zero attached hydrogens (tertiary/aromatic N) is 2. The molecule has 0 fully saturated rings. The van der Waals surface area contributed by atoms with Gasteiger partial charge in [-0.2, -0.15) is 5.10 Å². The maximum Gasteiger partial charge on any atom is 0.203 e. The van der Waals surface area contributed by atoms with Crippen LogP contribution in [-0.2, 0) is 0 Å². The van der Waals surface area contributed by atoms with E-state index in [1.807, 2.05) is 53.9 Å². The zero-order valence-electron chi connectivity index (χ0n) is 16.6. The van der Waals surface area contributed by atoms with E-state index in [1.54, 1.807) is 6.21 Å². The van der Waals surface area contributed by atoms with E-state index in [9.17, 15) is 0 Å². The van der Waals surface area contributed by atoms with E-state index in [-0.39, 0.29) is 0 Å². The Balaban J connectivity index is 1.53. The van der Waals surface area contributed by atoms with Crippen LogP contribution in [0.2, 0.25) is 5.02 Å². The van der Waals surface area contributed by atoms with Gasteiger partial charge in [-0.1, -0.05) is 68.5 Å². The van der Waals surface area contributed by atoms with Gasteiger partial charge in [-0.3, -0.25) is 5.43 Å². The van der Waals surface area contributed by atoms with E-state index in [0.29, 0.717) is 5.02 Å². The first-order valence-corrected chi connectivity index (χ1v) is 11.2. The standard InChI is InChI=1S/C23H26ClN3OS/c1-2-3-4-5-8-15-28-22-10-7-6-9-19(22)16-25-27-23-26-21(17-29-23)18-11-13-20(24)14-12-18/h6-7,9-14,16-17H,2-5,8,15H2,1H3,(H,26,27)/b25-16-. The SMILES string of the molecule is CCCCCCCOc1ccccc1/C=N\Nc1nc(-c2ccc(Cl)cc2)cs1. The predicted octanol–water partition coefficient (Wildman–Crippen LogP) is 7.26. The summed E-state index contributed by atoms with van der Waals surface area (Å²) in [6.07, 6.45) is 7.90. The van der Waals surface area contributed by atoms with Gasteiger partial charge in [-0.05, 0) is 30.7 Å². The second-order valence-corrected chi connectivity index (χ2v) is 8.01. The molecule has 6 heteroatoms. The van der Waals surface area contributed by atoms with E-state index >= 15 is 0 Å². The van der Waals surface area contributed by atoms with Gasteiger partial charge >= 0.3 is 0 Å². The van der Waals surface area contributed by atoms with E-state index in [1.165, 1.54) is 37.0 Å². The number of hydrogen-bond donors (Lipinski definition) is 1. The van der Waals surface area contributed by atoms with Crippen molar-refractivity contribution in [1.82, 2.24) is 4.98 Å². The lowest BCUT2D eigenvalue weighted by Crippen LogP contribution is -2.00. The number of hydrazone groups is 1. The van der Waals surface area contributed by atoms with Crippen LogP contribution in [0.4, 0.5) is 5.13 Å². The van der Waals surface area contributed by atoms with E-state index in [0.717, 1.165) is 40.7 Å². The highest BCUT2D eigenvalue weighted by Crippen LogP contribution is 2.26. The van der Waals surface area contributed by atoms with Crippen LogP contribution in [0.1, 0.15) is 44.6 Å². The maximum atomic E-state index is 5.95. The van der Waals surface area contributed by atoms with E-state index in [2.05, 4.69) is 22.4 Å². The molecule has 4 nitrogen and oxygen atoms in total. The number of para-hydroxylation sites is 1. The molecule has 0 unspecified atom stereocenters. The minimum absolute atomic E-state index is 0.716. The third kappa shape index (κ3) is 6.87. The van der Waals surface area contributed by atoms with Crippen LogP contribution in [0.15, 0.2) is 59.0 Å². The second kappa shape index (κ2) is 11.6. The maximum absolute atomic E-state index is 5.95. The fourth-order valence-corrected chi connectivity index (χ4v) is 3.64. The highest BCUT2D eigenvalue weighted by molar-refractivity contribution is 7.14. The molecule has 29 heavy (non-hydrogen) atoms. The molecule has 0 bridgehead atoms. The summed E-state index contributed by atoms with van der Waals surface area (Å²) in [6.45, 7) is 2.96. The summed E-state index contributed by atoms with van der Waals surface area (Å²) in [5.41, 5.74) is 5.88. The van der Waals surface area contributed by atoms with Crippen molar-refractivity contribution in [2.75, 3.05) is 12.0 Å². The summed E-state index contributed by atoms with van der Waals surface area (Å²) in [6, 6.07) is 15.6. The Bertz CT molecular complexity index is 908. The number of thiazole rings is 1. The first-order valence-electron chi connectivity index (χ1n) is 9.98. The minimum atomic E-state index is 0.716. The number of aromatic nitrogens is 1. The Hall–Kier alpha value is -2.37. The van der Waals surface area contributed by atoms with Gasteiger partial charge in [0.05, 0.1) is 18.5 Å². The average Bonchev–Trinajstić information content (AvgIpc) is 3.21. The van der Waals surface area contributed by atoms with Gasteiger partial charge in [0, 0.05) is 21.5 Å². The first-order chi connectivity index (χ1) is 14.3. The summed E-state index contributed by atoms with van der Waals surface area (Å²) < 4.78 is 5.95. The van der Waals surface area contributed by atoms with Crippen molar-refractivity contribution in [3.63, 3.8) is 0 Å². The number of ether oxygens (including phenoxy) is 1. The topological polar surface area (TPSA) is 46.5 Å². The Morgan fingerprint density at radius 1 is 1.07 bits per heavy atom. The van der Waals surface area contributed by atoms with Crippen molar-refractivity contribution in [3.8, 4) is 17.0 Å². The summed E-state index contributed by atoms with van der Waals surface area (Å²) in [5.74, 6) is 0.856. The minimum Gasteiger partial charge on any atom is -0.493 e. The van der Waals surface area contributed by atoms with Crippen molar-refractivity contribution in [2.45, 2.75) is 39.0 Å². The molecular formula is C23H26ClN3OS. The number of anilines is 1. The van der Waals surface area contributed by atoms with Gasteiger partial charge in [0.25, 0.3) is 0 Å². The lowest BCUT2D eigenvalue weighted by molar-refractivity contribution is 0.304. The normalized spacial score (nSPS) is 11.1. The van der Waals surface area contributed by atoms with Crippen molar-refractivity contribution < 1.29 is 4.74 Å². The third-order valence-electron chi connectivity index (χ3n) is 4.43. The molecule has 0 amide bonds. The van der Waals surface area contributed by atoms with Crippen LogP contribution >= 0.6 is 22.9 Å². The zero-order chi connectivity index (χ0) is 20.3. The summed E-state index contributed by atoms with van der Waals surface area (Å²) in [7, 11) is 0. The highest BCUT2D eigenvalue weighted by atomic mass is 35.5. The quantitative estimate of drug-likeness (QED) is 0.199. The second-order valence-electron chi connectivity index (χ2n) is 6.72. The molecule has 3 aromatic rings. The Morgan fingerprint density at radius 3 is 2.69 bits per heavy atom. The van der Waals surface area contributed by atoms with Gasteiger partial charge in [0.1, 0.15) is 5.75 Å². The molecule has 0 saturated heterocycles. The van der Waals surface area contributed by atoms with Gasteiger partial charge in [-0.15, -0.1) is 11.3 Å². The largest absolute Gasteiger partial charge is 0.493 e. The average molecular weight is 428 g/mol. The number of unbranched alkanes of at least 4 members (excludes halogenated alkanes) is 4. The van der Waals surface area contributed by atoms with Crippen LogP contribution in [0.5, 0.6) is 5.75 Å². The first kappa shape index (κ1) is 21.3. The van der Waals surface area contributed by atoms with E-state index in [4.69, 9.17) is 16.3 Å². The molecule has 0 aliphatic heterocycles. The lowest BCUT2D eigenvalue weighted by Gasteiger charge is -2.08. The van der Waals surface area contributed by atoms with Crippen molar-refractivity contribution in [1.29, 1.82) is 0 Å². The lowest BCUT2D eigenvalue weighted by atomic mass is 10.2. The highest BCUT2D eigenvalue weighted by Gasteiger charge is 2.04. The Kier molecular flexibility index (Phi) is 8.53. The number of nitrogens with one attached hydrogen (secondary N) is 1. The Morgan fingerprint density at radius 2 is 1.86 bits per heavy atom. The van der Waals surface area contributed by atoms with Crippen LogP contribution in [0.3, 0.4) is 0 Å². The van der Waals surface area contributed by atoms with Gasteiger partial charge in [0.15, 0.2) is 0 Å². The van der Waals surface area contributed by atoms with Crippen molar-refractivity contribution in [3.05, 3.63) is 64.5 Å². The third-order valence-corrected chi connectivity index (χ3v) is 5.43. The molecule has 1 N–H and O–H groups in total. The molecule has 0 saturated carbocycles. The van der Waals surface area contributed by atoms with E-state index < -0.39 is 0 Å². The molecule has 3 rings (SSSR count). The number of hydrogen-bond acceptors (Lipinski definition) is 5. The summed E-state index contributed by atoms with van der Waals surface area (Å²) >= 11 is 7.46. The fraction of sp³-hybridized carbons (Fsp3) is 0.304. The van der Waals surface area contributed by atoms with Gasteiger partial charge in [0.2, 0.25) is 5.13 Å². The Labute approximate surface area is 181 Å². The molecule has 0 aliphatic rings. The number of halogens is 1. The predicted molar refractivity (Wildman–Crippen MR) is 124 cm³/mol. The molecule has 0 radical (unpaired) electrons. The zero-order valence-corrected chi connectivity index (χ0v) is 18.2. The fourth-order valence-electron chi connectivity index (χ4n) is 2.84. The molecule has 0 spiro atoms. The monoisotopic (exact) mass is 427 g/mol. The molecule has 2 aromatic carbocycles. The molecular weight excluding hydrogens is 402 g/mol. The molecule has 0 atom stereocenters. The molecule has 0 aliphatic carbocycles. The number of benzene rings is 2. The van der Waals surface area contributed by atoms with Crippen LogP contribution in [0, 0.1) is 0 Å². The van der Waals surface area contributed by atoms with Gasteiger partial charge in [-0.25, -0.2) is 4.98 Å². The van der Waals surface area contributed by atoms with Gasteiger partial charge < -0.3 is 4.74 Å². The van der Waals surface area contributed by atoms with Crippen LogP contribution in [-0.4, -0.2) is 17.8 Å². The van der Waals surface area contributed by atoms with Crippen molar-refractivity contribution >= 4 is 34.3 Å². The summed E-state index contributed by atoms with van der Waals surface area (Å²) in [5, 5.41) is 7.78. The van der Waals surface area contributed by atoms with Crippen LogP contribution < -0.4 is 10.2 Å². The smallest absolute Gasteiger partial charge is 0.203 e.